The summed E-state index contributed by atoms with van der Waals surface area (Å²) >= 11 is 0. The Labute approximate surface area is 145 Å². The molecule has 0 radical (unpaired) electrons. The molecule has 1 aliphatic heterocycles. The molecule has 1 saturated heterocycles. The number of tetrazole rings is 1. The van der Waals surface area contributed by atoms with Gasteiger partial charge in [-0.25, -0.2) is 4.39 Å². The second kappa shape index (κ2) is 6.72. The fraction of sp³-hybridized carbons (Fsp3) is 0.412. The fourth-order valence-electron chi connectivity index (χ4n) is 3.39. The highest BCUT2D eigenvalue weighted by Crippen LogP contribution is 2.22. The topological polar surface area (TPSA) is 64.7 Å². The highest BCUT2D eigenvalue weighted by Gasteiger charge is 2.27. The van der Waals surface area contributed by atoms with Crippen LogP contribution in [0.25, 0.3) is 5.69 Å². The molecule has 1 aromatic carbocycles. The lowest BCUT2D eigenvalue weighted by atomic mass is 10.2. The third-order valence-corrected chi connectivity index (χ3v) is 4.66. The fourth-order valence-corrected chi connectivity index (χ4v) is 3.39. The van der Waals surface area contributed by atoms with Gasteiger partial charge in [0.2, 0.25) is 0 Å². The summed E-state index contributed by atoms with van der Waals surface area (Å²) in [7, 11) is 0. The molecule has 0 saturated carbocycles. The molecular formula is C17H20FN7. The molecule has 130 valence electrons. The largest absolute Gasteiger partial charge is 0.291 e. The van der Waals surface area contributed by atoms with Gasteiger partial charge in [0.05, 0.1) is 13.1 Å². The highest BCUT2D eigenvalue weighted by atomic mass is 19.1. The lowest BCUT2D eigenvalue weighted by Gasteiger charge is -2.23. The molecule has 0 unspecified atom stereocenters. The predicted molar refractivity (Wildman–Crippen MR) is 89.5 cm³/mol. The van der Waals surface area contributed by atoms with Crippen molar-refractivity contribution in [3.05, 3.63) is 53.9 Å². The van der Waals surface area contributed by atoms with E-state index >= 15 is 0 Å². The summed E-state index contributed by atoms with van der Waals surface area (Å²) in [5, 5.41) is 16.2. The highest BCUT2D eigenvalue weighted by molar-refractivity contribution is 5.36. The molecule has 1 fully saturated rings. The molecule has 0 bridgehead atoms. The number of halogens is 1. The number of hydrogen-bond acceptors (Lipinski definition) is 5. The van der Waals surface area contributed by atoms with E-state index in [1.165, 1.54) is 10.7 Å². The normalized spacial score (nSPS) is 18.1. The summed E-state index contributed by atoms with van der Waals surface area (Å²) in [6, 6.07) is 7.27. The number of nitrogens with zero attached hydrogens (tertiary/aromatic N) is 7. The maximum Gasteiger partial charge on any atom is 0.170 e. The first kappa shape index (κ1) is 15.9. The summed E-state index contributed by atoms with van der Waals surface area (Å²) < 4.78 is 17.7. The molecule has 3 aromatic rings. The van der Waals surface area contributed by atoms with E-state index in [2.05, 4.69) is 25.5 Å². The molecule has 0 spiro atoms. The van der Waals surface area contributed by atoms with Crippen LogP contribution in [0.4, 0.5) is 4.39 Å². The minimum absolute atomic E-state index is 0.325. The minimum atomic E-state index is -0.325. The van der Waals surface area contributed by atoms with Crippen LogP contribution in [0, 0.1) is 12.7 Å². The van der Waals surface area contributed by atoms with Crippen molar-refractivity contribution in [1.82, 2.24) is 34.9 Å². The van der Waals surface area contributed by atoms with Crippen LogP contribution in [0.15, 0.2) is 36.7 Å². The van der Waals surface area contributed by atoms with Crippen LogP contribution in [0.2, 0.25) is 0 Å². The van der Waals surface area contributed by atoms with Crippen molar-refractivity contribution < 1.29 is 4.39 Å². The van der Waals surface area contributed by atoms with Gasteiger partial charge in [-0.3, -0.25) is 9.58 Å². The molecule has 3 heterocycles. The third-order valence-electron chi connectivity index (χ3n) is 4.66. The summed E-state index contributed by atoms with van der Waals surface area (Å²) in [6.07, 6.45) is 6.01. The lowest BCUT2D eigenvalue weighted by molar-refractivity contribution is 0.212. The monoisotopic (exact) mass is 341 g/mol. The van der Waals surface area contributed by atoms with E-state index in [9.17, 15) is 4.39 Å². The van der Waals surface area contributed by atoms with Crippen molar-refractivity contribution in [2.45, 2.75) is 38.9 Å². The number of rotatable bonds is 5. The summed E-state index contributed by atoms with van der Waals surface area (Å²) in [6.45, 7) is 4.34. The minimum Gasteiger partial charge on any atom is -0.291 e. The Morgan fingerprint density at radius 2 is 2.24 bits per heavy atom. The van der Waals surface area contributed by atoms with Gasteiger partial charge in [0.25, 0.3) is 0 Å². The first-order valence-electron chi connectivity index (χ1n) is 8.46. The molecule has 25 heavy (non-hydrogen) atoms. The third kappa shape index (κ3) is 3.30. The SMILES string of the molecule is Cc1ccc(F)c(-n2nnnc2CN2CCC[C@@H]2Cn2cccn2)c1. The van der Waals surface area contributed by atoms with Crippen molar-refractivity contribution in [1.29, 1.82) is 0 Å². The van der Waals surface area contributed by atoms with Gasteiger partial charge in [0.15, 0.2) is 5.82 Å². The van der Waals surface area contributed by atoms with Gasteiger partial charge in [0, 0.05) is 18.4 Å². The Morgan fingerprint density at radius 3 is 3.08 bits per heavy atom. The van der Waals surface area contributed by atoms with Crippen LogP contribution in [-0.4, -0.2) is 47.5 Å². The Kier molecular flexibility index (Phi) is 4.27. The molecule has 8 heteroatoms. The molecule has 2 aromatic heterocycles. The molecule has 7 nitrogen and oxygen atoms in total. The van der Waals surface area contributed by atoms with Gasteiger partial charge in [-0.15, -0.1) is 5.10 Å². The lowest BCUT2D eigenvalue weighted by Crippen LogP contribution is -2.33. The second-order valence-electron chi connectivity index (χ2n) is 6.46. The van der Waals surface area contributed by atoms with Crippen LogP contribution < -0.4 is 0 Å². The molecule has 0 N–H and O–H groups in total. The standard InChI is InChI=1S/C17H20FN7/c1-13-5-6-15(18)16(10-13)25-17(20-21-22-25)12-23-8-2-4-14(23)11-24-9-3-7-19-24/h3,5-7,9-10,14H,2,4,8,11-12H2,1H3/t14-/m1/s1. The number of hydrogen-bond donors (Lipinski definition) is 0. The molecule has 0 amide bonds. The van der Waals surface area contributed by atoms with Crippen LogP contribution in [0.5, 0.6) is 0 Å². The molecule has 1 aliphatic rings. The van der Waals surface area contributed by atoms with E-state index in [0.29, 0.717) is 24.1 Å². The molecule has 4 rings (SSSR count). The van der Waals surface area contributed by atoms with Crippen molar-refractivity contribution in [2.75, 3.05) is 6.54 Å². The first-order valence-corrected chi connectivity index (χ1v) is 8.46. The number of aromatic nitrogens is 6. The van der Waals surface area contributed by atoms with E-state index in [4.69, 9.17) is 0 Å². The van der Waals surface area contributed by atoms with Gasteiger partial charge in [-0.1, -0.05) is 6.07 Å². The van der Waals surface area contributed by atoms with Gasteiger partial charge < -0.3 is 0 Å². The Hall–Kier alpha value is -2.61. The summed E-state index contributed by atoms with van der Waals surface area (Å²) in [5.41, 5.74) is 1.36. The van der Waals surface area contributed by atoms with E-state index < -0.39 is 0 Å². The van der Waals surface area contributed by atoms with Gasteiger partial charge >= 0.3 is 0 Å². The predicted octanol–water partition coefficient (Wildman–Crippen LogP) is 1.97. The Bertz CT molecular complexity index is 843. The average Bonchev–Trinajstić information content (AvgIpc) is 3.34. The van der Waals surface area contributed by atoms with Crippen molar-refractivity contribution in [3.63, 3.8) is 0 Å². The zero-order chi connectivity index (χ0) is 17.2. The van der Waals surface area contributed by atoms with E-state index in [-0.39, 0.29) is 5.82 Å². The van der Waals surface area contributed by atoms with Crippen molar-refractivity contribution >= 4 is 0 Å². The maximum absolute atomic E-state index is 14.2. The van der Waals surface area contributed by atoms with Crippen LogP contribution in [-0.2, 0) is 13.1 Å². The van der Waals surface area contributed by atoms with Crippen LogP contribution in [0.3, 0.4) is 0 Å². The first-order chi connectivity index (χ1) is 12.2. The maximum atomic E-state index is 14.2. The Morgan fingerprint density at radius 1 is 1.32 bits per heavy atom. The van der Waals surface area contributed by atoms with Gasteiger partial charge in [0.1, 0.15) is 11.5 Å². The van der Waals surface area contributed by atoms with E-state index in [1.807, 2.05) is 23.9 Å². The molecule has 0 aliphatic carbocycles. The number of benzene rings is 1. The van der Waals surface area contributed by atoms with Gasteiger partial charge in [-0.05, 0) is 60.5 Å². The van der Waals surface area contributed by atoms with E-state index in [1.54, 1.807) is 18.3 Å². The smallest absolute Gasteiger partial charge is 0.170 e. The van der Waals surface area contributed by atoms with Gasteiger partial charge in [-0.2, -0.15) is 9.78 Å². The van der Waals surface area contributed by atoms with E-state index in [0.717, 1.165) is 31.5 Å². The van der Waals surface area contributed by atoms with Crippen LogP contribution in [0.1, 0.15) is 24.2 Å². The second-order valence-corrected chi connectivity index (χ2v) is 6.46. The molecular weight excluding hydrogens is 321 g/mol. The number of likely N-dealkylation sites (tertiary alicyclic amines) is 1. The van der Waals surface area contributed by atoms with Crippen molar-refractivity contribution in [2.24, 2.45) is 0 Å². The summed E-state index contributed by atoms with van der Waals surface area (Å²) in [4.78, 5) is 2.34. The zero-order valence-corrected chi connectivity index (χ0v) is 14.1. The average molecular weight is 341 g/mol. The van der Waals surface area contributed by atoms with Crippen molar-refractivity contribution in [3.8, 4) is 5.69 Å². The quantitative estimate of drug-likeness (QED) is 0.710. The summed E-state index contributed by atoms with van der Waals surface area (Å²) in [5.74, 6) is 0.325. The number of aryl methyl sites for hydroxylation is 1. The zero-order valence-electron chi connectivity index (χ0n) is 14.1. The van der Waals surface area contributed by atoms with Crippen LogP contribution >= 0.6 is 0 Å². The Balaban J connectivity index is 1.55. The molecule has 1 atom stereocenters.